The Kier molecular flexibility index (Phi) is 5.61. The van der Waals surface area contributed by atoms with Crippen LogP contribution < -0.4 is 5.32 Å². The van der Waals surface area contributed by atoms with Crippen LogP contribution in [0.15, 0.2) is 53.9 Å². The fourth-order valence-electron chi connectivity index (χ4n) is 2.68. The molecule has 142 valence electrons. The largest absolute Gasteiger partial charge is 0.351 e. The van der Waals surface area contributed by atoms with E-state index >= 15 is 0 Å². The second kappa shape index (κ2) is 8.30. The summed E-state index contributed by atoms with van der Waals surface area (Å²) < 4.78 is 2.98. The van der Waals surface area contributed by atoms with E-state index in [0.29, 0.717) is 22.5 Å². The molecular weight excluding hydrogens is 414 g/mol. The number of carbonyl (C=O) groups excluding carboxylic acids is 1. The summed E-state index contributed by atoms with van der Waals surface area (Å²) in [6.45, 7) is 0.453. The first-order valence-corrected chi connectivity index (χ1v) is 10.7. The van der Waals surface area contributed by atoms with Crippen LogP contribution in [0.3, 0.4) is 0 Å². The maximum atomic E-state index is 12.1. The third-order valence-electron chi connectivity index (χ3n) is 4.12. The van der Waals surface area contributed by atoms with Crippen LogP contribution >= 0.6 is 34.7 Å². The number of halogens is 1. The molecule has 6 nitrogen and oxygen atoms in total. The number of nitrogens with one attached hydrogen (secondary N) is 1. The van der Waals surface area contributed by atoms with E-state index in [1.807, 2.05) is 48.0 Å². The molecule has 3 heterocycles. The molecule has 0 saturated heterocycles. The van der Waals surface area contributed by atoms with Crippen molar-refractivity contribution in [3.05, 3.63) is 59.4 Å². The number of benzene rings is 1. The normalized spacial score (nSPS) is 11.1. The van der Waals surface area contributed by atoms with Crippen LogP contribution in [0.4, 0.5) is 0 Å². The lowest BCUT2D eigenvalue weighted by Gasteiger charge is -2.05. The summed E-state index contributed by atoms with van der Waals surface area (Å²) in [5, 5.41) is 13.8. The van der Waals surface area contributed by atoms with Gasteiger partial charge in [0.25, 0.3) is 0 Å². The summed E-state index contributed by atoms with van der Waals surface area (Å²) in [5.41, 5.74) is 0.959. The molecule has 1 amide bonds. The Bertz CT molecular complexity index is 1130. The summed E-state index contributed by atoms with van der Waals surface area (Å²) in [6, 6.07) is 11.7. The average Bonchev–Trinajstić information content (AvgIpc) is 3.25. The van der Waals surface area contributed by atoms with Gasteiger partial charge < -0.3 is 9.88 Å². The highest BCUT2D eigenvalue weighted by Crippen LogP contribution is 2.41. The van der Waals surface area contributed by atoms with Gasteiger partial charge in [-0.25, -0.2) is 0 Å². The Morgan fingerprint density at radius 3 is 2.89 bits per heavy atom. The Labute approximate surface area is 175 Å². The van der Waals surface area contributed by atoms with Crippen molar-refractivity contribution in [1.82, 2.24) is 25.1 Å². The lowest BCUT2D eigenvalue weighted by Crippen LogP contribution is -2.24. The number of rotatable bonds is 6. The smallest absolute Gasteiger partial charge is 0.230 e. The van der Waals surface area contributed by atoms with E-state index in [1.165, 1.54) is 11.8 Å². The monoisotopic (exact) mass is 429 g/mol. The number of carbonyl (C=O) groups is 1. The van der Waals surface area contributed by atoms with Gasteiger partial charge in [-0.15, -0.1) is 21.5 Å². The predicted molar refractivity (Wildman–Crippen MR) is 114 cm³/mol. The standard InChI is InChI=1S/C19H16ClN5OS2/c1-25-18(17-16(20)13-6-2-3-7-14(13)28-17)23-24-19(25)27-11-15(26)22-10-12-5-4-8-21-9-12/h2-9H,10-11H2,1H3,(H,22,26). The summed E-state index contributed by atoms with van der Waals surface area (Å²) in [4.78, 5) is 17.0. The summed E-state index contributed by atoms with van der Waals surface area (Å²) >= 11 is 9.48. The second-order valence-corrected chi connectivity index (χ2v) is 8.41. The van der Waals surface area contributed by atoms with Crippen molar-refractivity contribution in [2.45, 2.75) is 11.7 Å². The van der Waals surface area contributed by atoms with Crippen LogP contribution in [-0.4, -0.2) is 31.4 Å². The highest BCUT2D eigenvalue weighted by atomic mass is 35.5. The molecule has 0 bridgehead atoms. The number of aromatic nitrogens is 4. The van der Waals surface area contributed by atoms with Crippen LogP contribution in [0.5, 0.6) is 0 Å². The van der Waals surface area contributed by atoms with Crippen molar-refractivity contribution < 1.29 is 4.79 Å². The maximum absolute atomic E-state index is 12.1. The van der Waals surface area contributed by atoms with Crippen LogP contribution in [-0.2, 0) is 18.4 Å². The van der Waals surface area contributed by atoms with Gasteiger partial charge in [0.1, 0.15) is 0 Å². The van der Waals surface area contributed by atoms with E-state index < -0.39 is 0 Å². The van der Waals surface area contributed by atoms with E-state index in [9.17, 15) is 4.79 Å². The molecule has 4 aromatic rings. The fourth-order valence-corrected chi connectivity index (χ4v) is 4.96. The van der Waals surface area contributed by atoms with Crippen molar-refractivity contribution in [2.75, 3.05) is 5.75 Å². The number of pyridine rings is 1. The summed E-state index contributed by atoms with van der Waals surface area (Å²) in [7, 11) is 1.88. The number of thioether (sulfide) groups is 1. The number of fused-ring (bicyclic) bond motifs is 1. The van der Waals surface area contributed by atoms with E-state index in [0.717, 1.165) is 20.5 Å². The molecule has 0 aliphatic heterocycles. The van der Waals surface area contributed by atoms with Gasteiger partial charge in [0.05, 0.1) is 15.7 Å². The Morgan fingerprint density at radius 2 is 2.11 bits per heavy atom. The summed E-state index contributed by atoms with van der Waals surface area (Å²) in [6.07, 6.45) is 3.44. The lowest BCUT2D eigenvalue weighted by molar-refractivity contribution is -0.118. The number of amides is 1. The molecule has 0 saturated carbocycles. The third-order valence-corrected chi connectivity index (χ3v) is 6.81. The molecule has 1 aromatic carbocycles. The van der Waals surface area contributed by atoms with Gasteiger partial charge in [-0.2, -0.15) is 0 Å². The van der Waals surface area contributed by atoms with Gasteiger partial charge in [-0.1, -0.05) is 47.6 Å². The number of thiophene rings is 1. The first kappa shape index (κ1) is 18.9. The SMILES string of the molecule is Cn1c(SCC(=O)NCc2cccnc2)nnc1-c1sc2ccccc2c1Cl. The van der Waals surface area contributed by atoms with Gasteiger partial charge in [-0.05, 0) is 17.7 Å². The zero-order chi connectivity index (χ0) is 19.5. The van der Waals surface area contributed by atoms with Gasteiger partial charge in [0, 0.05) is 36.1 Å². The number of hydrogen-bond donors (Lipinski definition) is 1. The number of hydrogen-bond acceptors (Lipinski definition) is 6. The van der Waals surface area contributed by atoms with Gasteiger partial charge in [-0.3, -0.25) is 9.78 Å². The molecule has 0 radical (unpaired) electrons. The van der Waals surface area contributed by atoms with Gasteiger partial charge >= 0.3 is 0 Å². The third kappa shape index (κ3) is 3.89. The Balaban J connectivity index is 1.43. The zero-order valence-electron chi connectivity index (χ0n) is 14.9. The maximum Gasteiger partial charge on any atom is 0.230 e. The van der Waals surface area contributed by atoms with E-state index in [4.69, 9.17) is 11.6 Å². The molecular formula is C19H16ClN5OS2. The molecule has 0 spiro atoms. The molecule has 28 heavy (non-hydrogen) atoms. The first-order valence-electron chi connectivity index (χ1n) is 8.48. The van der Waals surface area contributed by atoms with Crippen molar-refractivity contribution in [3.63, 3.8) is 0 Å². The minimum Gasteiger partial charge on any atom is -0.351 e. The quantitative estimate of drug-likeness (QED) is 0.466. The Morgan fingerprint density at radius 1 is 1.25 bits per heavy atom. The van der Waals surface area contributed by atoms with Crippen molar-refractivity contribution in [3.8, 4) is 10.7 Å². The highest BCUT2D eigenvalue weighted by Gasteiger charge is 2.19. The van der Waals surface area contributed by atoms with E-state index in [1.54, 1.807) is 23.7 Å². The van der Waals surface area contributed by atoms with E-state index in [2.05, 4.69) is 20.5 Å². The molecule has 0 unspecified atom stereocenters. The zero-order valence-corrected chi connectivity index (χ0v) is 17.3. The Hall–Kier alpha value is -2.42. The first-order chi connectivity index (χ1) is 13.6. The number of nitrogens with zero attached hydrogens (tertiary/aromatic N) is 4. The molecule has 1 N–H and O–H groups in total. The second-order valence-electron chi connectivity index (χ2n) is 6.03. The predicted octanol–water partition coefficient (Wildman–Crippen LogP) is 4.15. The van der Waals surface area contributed by atoms with Crippen LogP contribution in [0.2, 0.25) is 5.02 Å². The topological polar surface area (TPSA) is 72.7 Å². The molecule has 0 aliphatic carbocycles. The van der Waals surface area contributed by atoms with Gasteiger partial charge in [0.15, 0.2) is 11.0 Å². The summed E-state index contributed by atoms with van der Waals surface area (Å²) in [5.74, 6) is 0.884. The van der Waals surface area contributed by atoms with Gasteiger partial charge in [0.2, 0.25) is 5.91 Å². The average molecular weight is 430 g/mol. The van der Waals surface area contributed by atoms with Crippen LogP contribution in [0.25, 0.3) is 20.8 Å². The molecule has 0 aliphatic rings. The van der Waals surface area contributed by atoms with Crippen molar-refractivity contribution >= 4 is 50.7 Å². The fraction of sp³-hybridized carbons (Fsp3) is 0.158. The van der Waals surface area contributed by atoms with Crippen LogP contribution in [0.1, 0.15) is 5.56 Å². The van der Waals surface area contributed by atoms with Crippen LogP contribution in [0, 0.1) is 0 Å². The molecule has 9 heteroatoms. The van der Waals surface area contributed by atoms with Crippen molar-refractivity contribution in [1.29, 1.82) is 0 Å². The van der Waals surface area contributed by atoms with Crippen molar-refractivity contribution in [2.24, 2.45) is 7.05 Å². The minimum atomic E-state index is -0.0710. The van der Waals surface area contributed by atoms with E-state index in [-0.39, 0.29) is 11.7 Å². The lowest BCUT2D eigenvalue weighted by atomic mass is 10.2. The minimum absolute atomic E-state index is 0.0710. The highest BCUT2D eigenvalue weighted by molar-refractivity contribution is 7.99. The molecule has 0 fully saturated rings. The molecule has 0 atom stereocenters. The molecule has 4 rings (SSSR count). The molecule has 3 aromatic heterocycles.